The van der Waals surface area contributed by atoms with Gasteiger partial charge in [0.05, 0.1) is 12.5 Å². The summed E-state index contributed by atoms with van der Waals surface area (Å²) >= 11 is 0. The van der Waals surface area contributed by atoms with Gasteiger partial charge in [-0.3, -0.25) is 4.79 Å². The second-order valence-corrected chi connectivity index (χ2v) is 7.92. The van der Waals surface area contributed by atoms with Gasteiger partial charge in [-0.05, 0) is 24.6 Å². The number of carbonyl (C=O) groups is 1. The number of alkyl halides is 3. The first-order valence-electron chi connectivity index (χ1n) is 10.5. The molecule has 11 heteroatoms. The Morgan fingerprint density at radius 3 is 2.70 bits per heavy atom. The van der Waals surface area contributed by atoms with E-state index >= 15 is 0 Å². The van der Waals surface area contributed by atoms with Crippen molar-refractivity contribution >= 4 is 11.7 Å². The van der Waals surface area contributed by atoms with Crippen molar-refractivity contribution in [3.63, 3.8) is 0 Å². The molecule has 33 heavy (non-hydrogen) atoms. The minimum Gasteiger partial charge on any atom is -0.489 e. The third-order valence-corrected chi connectivity index (χ3v) is 5.12. The summed E-state index contributed by atoms with van der Waals surface area (Å²) in [5, 5.41) is 2.51. The van der Waals surface area contributed by atoms with Crippen LogP contribution in [0.2, 0.25) is 0 Å². The van der Waals surface area contributed by atoms with E-state index < -0.39 is 36.8 Å². The van der Waals surface area contributed by atoms with Gasteiger partial charge in [0.25, 0.3) is 11.8 Å². The number of anilines is 1. The molecule has 0 bridgehead atoms. The monoisotopic (exact) mass is 470 g/mol. The molecular weight excluding hydrogens is 444 g/mol. The molecule has 7 nitrogen and oxygen atoms in total. The number of nitrogens with one attached hydrogen (secondary N) is 1. The van der Waals surface area contributed by atoms with Crippen LogP contribution in [0.1, 0.15) is 31.7 Å². The van der Waals surface area contributed by atoms with E-state index in [1.54, 1.807) is 36.1 Å². The fraction of sp³-hybridized carbons (Fsp3) is 0.500. The fourth-order valence-electron chi connectivity index (χ4n) is 3.38. The lowest BCUT2D eigenvalue weighted by Crippen LogP contribution is -2.29. The highest BCUT2D eigenvalue weighted by Gasteiger charge is 2.30. The van der Waals surface area contributed by atoms with Gasteiger partial charge in [0.1, 0.15) is 24.9 Å². The highest BCUT2D eigenvalue weighted by Crippen LogP contribution is 2.29. The van der Waals surface area contributed by atoms with Gasteiger partial charge in [-0.15, -0.1) is 0 Å². The largest absolute Gasteiger partial charge is 0.489 e. The lowest BCUT2D eigenvalue weighted by molar-refractivity contribution is -0.122. The van der Waals surface area contributed by atoms with Crippen LogP contribution in [-0.4, -0.2) is 60.8 Å². The highest BCUT2D eigenvalue weighted by molar-refractivity contribution is 5.83. The number of aromatic nitrogens is 2. The van der Waals surface area contributed by atoms with Crippen molar-refractivity contribution in [2.45, 2.75) is 38.2 Å². The van der Waals surface area contributed by atoms with Crippen LogP contribution in [0.3, 0.4) is 0 Å². The lowest BCUT2D eigenvalue weighted by Gasteiger charge is -2.20. The van der Waals surface area contributed by atoms with Crippen molar-refractivity contribution in [3.05, 3.63) is 42.0 Å². The van der Waals surface area contributed by atoms with Crippen LogP contribution in [-0.2, 0) is 4.79 Å². The second kappa shape index (κ2) is 10.7. The summed E-state index contributed by atoms with van der Waals surface area (Å²) in [7, 11) is 0. The van der Waals surface area contributed by atoms with Crippen LogP contribution in [0.4, 0.5) is 23.4 Å². The van der Waals surface area contributed by atoms with E-state index in [0.29, 0.717) is 32.2 Å². The van der Waals surface area contributed by atoms with Crippen LogP contribution < -0.4 is 19.7 Å². The van der Waals surface area contributed by atoms with Gasteiger partial charge in [-0.1, -0.05) is 12.1 Å². The normalized spacial score (nSPS) is 17.0. The van der Waals surface area contributed by atoms with Crippen molar-refractivity contribution in [1.29, 1.82) is 0 Å². The summed E-state index contributed by atoms with van der Waals surface area (Å²) < 4.78 is 63.7. The van der Waals surface area contributed by atoms with E-state index in [-0.39, 0.29) is 24.4 Å². The summed E-state index contributed by atoms with van der Waals surface area (Å²) in [6, 6.07) is 7.00. The molecule has 180 valence electrons. The molecule has 1 aromatic heterocycles. The number of amides is 1. The maximum absolute atomic E-state index is 14.7. The molecule has 3 rings (SSSR count). The SMILES string of the molecule is CC(C(=O)NCCF)c1ccc(OC2CCN(c3ncnc(OCC(C)(F)F)c3F)C2)cc1. The molecular formula is C22H26F4N4O3. The molecule has 1 fully saturated rings. The van der Waals surface area contributed by atoms with Crippen molar-refractivity contribution < 1.29 is 31.8 Å². The number of benzene rings is 1. The van der Waals surface area contributed by atoms with Gasteiger partial charge >= 0.3 is 0 Å². The average molecular weight is 470 g/mol. The van der Waals surface area contributed by atoms with E-state index in [0.717, 1.165) is 11.9 Å². The third-order valence-electron chi connectivity index (χ3n) is 5.12. The van der Waals surface area contributed by atoms with Crippen LogP contribution >= 0.6 is 0 Å². The topological polar surface area (TPSA) is 76.6 Å². The first-order chi connectivity index (χ1) is 15.7. The van der Waals surface area contributed by atoms with Crippen molar-refractivity contribution in [1.82, 2.24) is 15.3 Å². The number of carbonyl (C=O) groups excluding carboxylic acids is 1. The van der Waals surface area contributed by atoms with Crippen molar-refractivity contribution in [3.8, 4) is 11.6 Å². The summed E-state index contributed by atoms with van der Waals surface area (Å²) in [6.45, 7) is 1.56. The number of rotatable bonds is 10. The molecule has 1 saturated heterocycles. The van der Waals surface area contributed by atoms with Gasteiger partial charge < -0.3 is 19.7 Å². The molecule has 1 aliphatic rings. The Bertz CT molecular complexity index is 940. The zero-order valence-corrected chi connectivity index (χ0v) is 18.4. The second-order valence-electron chi connectivity index (χ2n) is 7.92. The van der Waals surface area contributed by atoms with E-state index in [1.165, 1.54) is 0 Å². The molecule has 0 saturated carbocycles. The minimum absolute atomic E-state index is 0.0197. The van der Waals surface area contributed by atoms with Crippen LogP contribution in [0.5, 0.6) is 11.6 Å². The molecule has 0 spiro atoms. The van der Waals surface area contributed by atoms with E-state index in [2.05, 4.69) is 15.3 Å². The first-order valence-corrected chi connectivity index (χ1v) is 10.5. The maximum atomic E-state index is 14.7. The highest BCUT2D eigenvalue weighted by atomic mass is 19.3. The zero-order valence-electron chi connectivity index (χ0n) is 18.4. The van der Waals surface area contributed by atoms with Gasteiger partial charge in [0.15, 0.2) is 12.4 Å². The Hall–Kier alpha value is -3.11. The van der Waals surface area contributed by atoms with Gasteiger partial charge in [0, 0.05) is 26.4 Å². The van der Waals surface area contributed by atoms with E-state index in [1.807, 2.05) is 0 Å². The Morgan fingerprint density at radius 2 is 2.03 bits per heavy atom. The van der Waals surface area contributed by atoms with E-state index in [9.17, 15) is 22.4 Å². The molecule has 2 atom stereocenters. The Kier molecular flexibility index (Phi) is 7.93. The standard InChI is InChI=1S/C22H26F4N4O3/c1-14(20(31)27-9-8-23)15-3-5-16(6-4-15)33-17-7-10-30(11-17)19-18(24)21(29-13-28-19)32-12-22(2,25)26/h3-6,13-14,17H,7-12H2,1-2H3,(H,27,31). The van der Waals surface area contributed by atoms with Crippen LogP contribution in [0, 0.1) is 5.82 Å². The minimum atomic E-state index is -3.12. The lowest BCUT2D eigenvalue weighted by atomic mass is 10.0. The first kappa shape index (κ1) is 24.5. The fourth-order valence-corrected chi connectivity index (χ4v) is 3.38. The molecule has 0 radical (unpaired) electrons. The van der Waals surface area contributed by atoms with E-state index in [4.69, 9.17) is 9.47 Å². The summed E-state index contributed by atoms with van der Waals surface area (Å²) in [6.07, 6.45) is 1.41. The predicted molar refractivity (Wildman–Crippen MR) is 113 cm³/mol. The number of nitrogens with zero attached hydrogens (tertiary/aromatic N) is 3. The average Bonchev–Trinajstić information content (AvgIpc) is 3.24. The molecule has 1 N–H and O–H groups in total. The summed E-state index contributed by atoms with van der Waals surface area (Å²) in [4.78, 5) is 21.2. The molecule has 2 unspecified atom stereocenters. The smallest absolute Gasteiger partial charge is 0.278 e. The van der Waals surface area contributed by atoms with Gasteiger partial charge in [0.2, 0.25) is 11.7 Å². The number of hydrogen-bond donors (Lipinski definition) is 1. The van der Waals surface area contributed by atoms with Gasteiger partial charge in [-0.25, -0.2) is 18.2 Å². The summed E-state index contributed by atoms with van der Waals surface area (Å²) in [5.74, 6) is -4.68. The molecule has 2 heterocycles. The Labute approximate surface area is 189 Å². The third kappa shape index (κ3) is 6.69. The van der Waals surface area contributed by atoms with Crippen molar-refractivity contribution in [2.75, 3.05) is 37.8 Å². The van der Waals surface area contributed by atoms with Crippen LogP contribution in [0.15, 0.2) is 30.6 Å². The quantitative estimate of drug-likeness (QED) is 0.536. The predicted octanol–water partition coefficient (Wildman–Crippen LogP) is 3.50. The molecule has 1 aliphatic heterocycles. The maximum Gasteiger partial charge on any atom is 0.278 e. The molecule has 1 aromatic carbocycles. The zero-order chi connectivity index (χ0) is 24.0. The molecule has 1 amide bonds. The number of hydrogen-bond acceptors (Lipinski definition) is 6. The van der Waals surface area contributed by atoms with Crippen LogP contribution in [0.25, 0.3) is 0 Å². The number of ether oxygens (including phenoxy) is 2. The van der Waals surface area contributed by atoms with Gasteiger partial charge in [-0.2, -0.15) is 9.37 Å². The molecule has 2 aromatic rings. The summed E-state index contributed by atoms with van der Waals surface area (Å²) in [5.41, 5.74) is 0.764. The number of halogens is 4. The van der Waals surface area contributed by atoms with Crippen molar-refractivity contribution in [2.24, 2.45) is 0 Å². The Balaban J connectivity index is 1.58. The molecule has 0 aliphatic carbocycles. The Morgan fingerprint density at radius 1 is 1.30 bits per heavy atom.